The Morgan fingerprint density at radius 1 is 1.26 bits per heavy atom. The molecule has 0 aromatic heterocycles. The van der Waals surface area contributed by atoms with Crippen LogP contribution in [0.5, 0.6) is 11.5 Å². The molecule has 0 aliphatic rings. The lowest BCUT2D eigenvalue weighted by Crippen LogP contribution is -2.17. The molecule has 6 nitrogen and oxygen atoms in total. The molecular weight excluding hydrogens is 296 g/mol. The van der Waals surface area contributed by atoms with Crippen molar-refractivity contribution in [1.82, 2.24) is 5.43 Å². The minimum absolute atomic E-state index is 0.0268. The summed E-state index contributed by atoms with van der Waals surface area (Å²) in [6.07, 6.45) is 1.31. The molecule has 0 saturated heterocycles. The molecule has 0 fully saturated rings. The van der Waals surface area contributed by atoms with Gasteiger partial charge in [-0.1, -0.05) is 12.1 Å². The first-order valence-electron chi connectivity index (χ1n) is 6.96. The second-order valence-corrected chi connectivity index (χ2v) is 4.89. The number of nitrogens with zero attached hydrogens (tertiary/aromatic N) is 1. The Morgan fingerprint density at radius 2 is 1.96 bits per heavy atom. The third-order valence-electron chi connectivity index (χ3n) is 3.39. The number of hydrogen-bond donors (Lipinski definition) is 3. The molecule has 0 spiro atoms. The van der Waals surface area contributed by atoms with Crippen molar-refractivity contribution in [3.63, 3.8) is 0 Å². The van der Waals surface area contributed by atoms with Crippen molar-refractivity contribution in [2.45, 2.75) is 13.5 Å². The molecule has 0 radical (unpaired) electrons. The molecule has 3 N–H and O–H groups in total. The largest absolute Gasteiger partial charge is 0.507 e. The van der Waals surface area contributed by atoms with E-state index in [1.807, 2.05) is 0 Å². The second-order valence-electron chi connectivity index (χ2n) is 4.89. The maximum Gasteiger partial charge on any atom is 0.271 e. The van der Waals surface area contributed by atoms with E-state index in [9.17, 15) is 15.0 Å². The Bertz CT molecular complexity index is 724. The minimum Gasteiger partial charge on any atom is -0.507 e. The van der Waals surface area contributed by atoms with E-state index in [2.05, 4.69) is 10.5 Å². The second kappa shape index (κ2) is 7.42. The first-order valence-corrected chi connectivity index (χ1v) is 6.96. The molecule has 1 amide bonds. The van der Waals surface area contributed by atoms with Gasteiger partial charge in [0.2, 0.25) is 0 Å². The monoisotopic (exact) mass is 314 g/mol. The highest BCUT2D eigenvalue weighted by molar-refractivity contribution is 5.95. The zero-order chi connectivity index (χ0) is 16.8. The molecule has 0 atom stereocenters. The summed E-state index contributed by atoms with van der Waals surface area (Å²) in [7, 11) is 1.55. The normalized spacial score (nSPS) is 10.7. The zero-order valence-corrected chi connectivity index (χ0v) is 12.9. The minimum atomic E-state index is -0.387. The third kappa shape index (κ3) is 3.87. The third-order valence-corrected chi connectivity index (χ3v) is 3.39. The van der Waals surface area contributed by atoms with E-state index in [0.29, 0.717) is 28.0 Å². The Hall–Kier alpha value is -2.86. The molecular formula is C17H18N2O4. The van der Waals surface area contributed by atoms with Gasteiger partial charge in [-0.3, -0.25) is 4.79 Å². The number of phenolic OH excluding ortho intramolecular Hbond substituents is 1. The number of hydrazone groups is 1. The summed E-state index contributed by atoms with van der Waals surface area (Å²) in [5.41, 5.74) is 4.37. The zero-order valence-electron chi connectivity index (χ0n) is 12.9. The van der Waals surface area contributed by atoms with Gasteiger partial charge in [0, 0.05) is 11.1 Å². The van der Waals surface area contributed by atoms with Crippen LogP contribution in [0.2, 0.25) is 0 Å². The number of rotatable bonds is 5. The van der Waals surface area contributed by atoms with Crippen molar-refractivity contribution in [3.8, 4) is 11.5 Å². The highest BCUT2D eigenvalue weighted by atomic mass is 16.5. The average molecular weight is 314 g/mol. The molecule has 0 unspecified atom stereocenters. The maximum absolute atomic E-state index is 12.0. The Kier molecular flexibility index (Phi) is 5.32. The number of nitrogens with one attached hydrogen (secondary N) is 1. The van der Waals surface area contributed by atoms with Gasteiger partial charge in [-0.25, -0.2) is 5.43 Å². The molecule has 2 rings (SSSR count). The van der Waals surface area contributed by atoms with E-state index in [-0.39, 0.29) is 18.3 Å². The standard InChI is InChI=1S/C17H18N2O4/c1-11-3-4-13(10-20)15(16(11)21)9-18-19-17(22)12-5-7-14(23-2)8-6-12/h3-9,20-21H,10H2,1-2H3,(H,19,22)/b18-9+. The molecule has 0 bridgehead atoms. The topological polar surface area (TPSA) is 91.2 Å². The van der Waals surface area contributed by atoms with Gasteiger partial charge in [0.15, 0.2) is 0 Å². The number of aliphatic hydroxyl groups is 1. The number of hydrogen-bond acceptors (Lipinski definition) is 5. The summed E-state index contributed by atoms with van der Waals surface area (Å²) in [5.74, 6) is 0.294. The maximum atomic E-state index is 12.0. The Morgan fingerprint density at radius 3 is 2.57 bits per heavy atom. The summed E-state index contributed by atoms with van der Waals surface area (Å²) in [6.45, 7) is 1.51. The summed E-state index contributed by atoms with van der Waals surface area (Å²) in [4.78, 5) is 12.0. The van der Waals surface area contributed by atoms with Crippen molar-refractivity contribution in [2.75, 3.05) is 7.11 Å². The Balaban J connectivity index is 2.12. The number of carbonyl (C=O) groups excluding carboxylic acids is 1. The van der Waals surface area contributed by atoms with Crippen LogP contribution >= 0.6 is 0 Å². The highest BCUT2D eigenvalue weighted by Gasteiger charge is 2.09. The molecule has 2 aromatic carbocycles. The number of aliphatic hydroxyl groups excluding tert-OH is 1. The van der Waals surface area contributed by atoms with Crippen molar-refractivity contribution in [3.05, 3.63) is 58.7 Å². The fourth-order valence-corrected chi connectivity index (χ4v) is 2.00. The van der Waals surface area contributed by atoms with Crippen LogP contribution in [0, 0.1) is 6.92 Å². The molecule has 6 heteroatoms. The van der Waals surface area contributed by atoms with Crippen molar-refractivity contribution in [2.24, 2.45) is 5.10 Å². The number of aromatic hydroxyl groups is 1. The van der Waals surface area contributed by atoms with E-state index in [1.165, 1.54) is 6.21 Å². The predicted octanol–water partition coefficient (Wildman–Crippen LogP) is 1.97. The first-order chi connectivity index (χ1) is 11.1. The fourth-order valence-electron chi connectivity index (χ4n) is 2.00. The van der Waals surface area contributed by atoms with Gasteiger partial charge in [0.25, 0.3) is 5.91 Å². The number of aryl methyl sites for hydroxylation is 1. The number of methoxy groups -OCH3 is 1. The first kappa shape index (κ1) is 16.5. The molecule has 0 aliphatic carbocycles. The van der Waals surface area contributed by atoms with Crippen LogP contribution in [0.1, 0.15) is 27.0 Å². The molecule has 120 valence electrons. The number of benzene rings is 2. The quantitative estimate of drug-likeness (QED) is 0.581. The lowest BCUT2D eigenvalue weighted by Gasteiger charge is -2.08. The van der Waals surface area contributed by atoms with Crippen LogP contribution in [0.4, 0.5) is 0 Å². The van der Waals surface area contributed by atoms with Crippen LogP contribution in [-0.2, 0) is 6.61 Å². The van der Waals surface area contributed by atoms with E-state index in [1.54, 1.807) is 50.4 Å². The summed E-state index contributed by atoms with van der Waals surface area (Å²) < 4.78 is 5.03. The lowest BCUT2D eigenvalue weighted by atomic mass is 10.0. The van der Waals surface area contributed by atoms with Crippen molar-refractivity contribution < 1.29 is 19.7 Å². The Labute approximate surface area is 134 Å². The number of carbonyl (C=O) groups is 1. The average Bonchev–Trinajstić information content (AvgIpc) is 2.58. The summed E-state index contributed by atoms with van der Waals surface area (Å²) >= 11 is 0. The van der Waals surface area contributed by atoms with Crippen molar-refractivity contribution in [1.29, 1.82) is 0 Å². The van der Waals surface area contributed by atoms with Gasteiger partial charge in [0.1, 0.15) is 11.5 Å². The number of phenols is 1. The van der Waals surface area contributed by atoms with E-state index >= 15 is 0 Å². The smallest absolute Gasteiger partial charge is 0.271 e. The number of amides is 1. The van der Waals surface area contributed by atoms with Gasteiger partial charge in [-0.05, 0) is 42.3 Å². The number of ether oxygens (including phenoxy) is 1. The molecule has 0 heterocycles. The summed E-state index contributed by atoms with van der Waals surface area (Å²) in [6, 6.07) is 9.99. The van der Waals surface area contributed by atoms with E-state index in [0.717, 1.165) is 0 Å². The molecule has 2 aromatic rings. The molecule has 0 aliphatic heterocycles. The van der Waals surface area contributed by atoms with Gasteiger partial charge in [-0.15, -0.1) is 0 Å². The lowest BCUT2D eigenvalue weighted by molar-refractivity contribution is 0.0955. The van der Waals surface area contributed by atoms with Crippen LogP contribution in [-0.4, -0.2) is 29.4 Å². The molecule has 0 saturated carbocycles. The van der Waals surface area contributed by atoms with E-state index in [4.69, 9.17) is 4.74 Å². The van der Waals surface area contributed by atoms with Crippen LogP contribution in [0.25, 0.3) is 0 Å². The van der Waals surface area contributed by atoms with Gasteiger partial charge in [0.05, 0.1) is 19.9 Å². The molecule has 23 heavy (non-hydrogen) atoms. The fraction of sp³-hybridized carbons (Fsp3) is 0.176. The van der Waals surface area contributed by atoms with Crippen LogP contribution in [0.3, 0.4) is 0 Å². The van der Waals surface area contributed by atoms with Crippen LogP contribution in [0.15, 0.2) is 41.5 Å². The van der Waals surface area contributed by atoms with Crippen molar-refractivity contribution >= 4 is 12.1 Å². The SMILES string of the molecule is COc1ccc(C(=O)N/N=C/c2c(CO)ccc(C)c2O)cc1. The van der Waals surface area contributed by atoms with Gasteiger partial charge in [-0.2, -0.15) is 5.10 Å². The van der Waals surface area contributed by atoms with Gasteiger partial charge < -0.3 is 14.9 Å². The van der Waals surface area contributed by atoms with Crippen LogP contribution < -0.4 is 10.2 Å². The highest BCUT2D eigenvalue weighted by Crippen LogP contribution is 2.24. The van der Waals surface area contributed by atoms with E-state index < -0.39 is 0 Å². The summed E-state index contributed by atoms with van der Waals surface area (Å²) in [5, 5.41) is 23.2. The van der Waals surface area contributed by atoms with Gasteiger partial charge >= 0.3 is 0 Å². The predicted molar refractivity (Wildman–Crippen MR) is 86.8 cm³/mol.